The number of carbonyl (C=O) groups is 3. The van der Waals surface area contributed by atoms with E-state index in [-0.39, 0.29) is 36.2 Å². The molecule has 40 heavy (non-hydrogen) atoms. The summed E-state index contributed by atoms with van der Waals surface area (Å²) in [4.78, 5) is 42.7. The Hall–Kier alpha value is -2.50. The molecule has 2 saturated heterocycles. The van der Waals surface area contributed by atoms with Crippen molar-refractivity contribution in [2.45, 2.75) is 88.5 Å². The van der Waals surface area contributed by atoms with Gasteiger partial charge in [-0.25, -0.2) is 8.42 Å². The average Bonchev–Trinajstić information content (AvgIpc) is 3.65. The number of rotatable bonds is 8. The highest BCUT2D eigenvalue weighted by Gasteiger charge is 2.56. The number of nitrogens with one attached hydrogen (secondary N) is 3. The first kappa shape index (κ1) is 29.0. The summed E-state index contributed by atoms with van der Waals surface area (Å²) < 4.78 is 27.0. The van der Waals surface area contributed by atoms with Gasteiger partial charge in [-0.1, -0.05) is 43.5 Å². The third kappa shape index (κ3) is 5.65. The minimum Gasteiger partial charge on any atom is -0.349 e. The van der Waals surface area contributed by atoms with Crippen LogP contribution in [-0.4, -0.2) is 85.9 Å². The number of benzene rings is 1. The van der Waals surface area contributed by atoms with Crippen LogP contribution in [0.3, 0.4) is 0 Å². The van der Waals surface area contributed by atoms with Crippen molar-refractivity contribution in [1.82, 2.24) is 25.2 Å². The van der Waals surface area contributed by atoms with Crippen LogP contribution >= 0.6 is 0 Å². The van der Waals surface area contributed by atoms with Crippen molar-refractivity contribution in [2.75, 3.05) is 26.4 Å². The van der Waals surface area contributed by atoms with Crippen molar-refractivity contribution in [3.05, 3.63) is 35.4 Å². The first-order valence-electron chi connectivity index (χ1n) is 14.7. The molecular formula is C29H43N5O5S. The maximum Gasteiger partial charge on any atom is 0.245 e. The number of aryl methyl sites for hydroxylation is 1. The predicted octanol–water partition coefficient (Wildman–Crippen LogP) is 1.32. The van der Waals surface area contributed by atoms with E-state index in [4.69, 9.17) is 0 Å². The highest BCUT2D eigenvalue weighted by atomic mass is 32.2. The molecule has 10 nitrogen and oxygen atoms in total. The van der Waals surface area contributed by atoms with E-state index in [1.807, 2.05) is 18.2 Å². The van der Waals surface area contributed by atoms with Crippen LogP contribution in [0.2, 0.25) is 0 Å². The van der Waals surface area contributed by atoms with Crippen LogP contribution in [-0.2, 0) is 30.8 Å². The van der Waals surface area contributed by atoms with Gasteiger partial charge in [-0.3, -0.25) is 14.4 Å². The Labute approximate surface area is 237 Å². The Bertz CT molecular complexity index is 1230. The summed E-state index contributed by atoms with van der Waals surface area (Å²) in [7, 11) is -1.88. The van der Waals surface area contributed by atoms with Gasteiger partial charge < -0.3 is 20.9 Å². The molecule has 6 atom stereocenters. The second-order valence-corrected chi connectivity index (χ2v) is 13.9. The maximum absolute atomic E-state index is 14.3. The molecule has 0 unspecified atom stereocenters. The van der Waals surface area contributed by atoms with E-state index in [1.165, 1.54) is 16.1 Å². The van der Waals surface area contributed by atoms with E-state index in [9.17, 15) is 22.8 Å². The monoisotopic (exact) mass is 573 g/mol. The molecule has 1 saturated carbocycles. The summed E-state index contributed by atoms with van der Waals surface area (Å²) in [6.07, 6.45) is 8.16. The summed E-state index contributed by atoms with van der Waals surface area (Å²) in [5.74, 6) is -1.32. The molecular weight excluding hydrogens is 530 g/mol. The minimum atomic E-state index is -3.59. The quantitative estimate of drug-likeness (QED) is 0.431. The van der Waals surface area contributed by atoms with Crippen molar-refractivity contribution in [3.63, 3.8) is 0 Å². The van der Waals surface area contributed by atoms with Crippen LogP contribution in [0.15, 0.2) is 24.3 Å². The lowest BCUT2D eigenvalue weighted by Gasteiger charge is -2.36. The fourth-order valence-corrected chi connectivity index (χ4v) is 8.49. The molecule has 0 radical (unpaired) electrons. The van der Waals surface area contributed by atoms with Gasteiger partial charge in [-0.15, -0.1) is 0 Å². The topological polar surface area (TPSA) is 128 Å². The molecule has 1 aromatic carbocycles. The lowest BCUT2D eigenvalue weighted by atomic mass is 9.83. The first-order valence-corrected chi connectivity index (χ1v) is 16.6. The van der Waals surface area contributed by atoms with Crippen molar-refractivity contribution < 1.29 is 22.8 Å². The summed E-state index contributed by atoms with van der Waals surface area (Å²) in [6.45, 7) is 2.17. The Morgan fingerprint density at radius 3 is 2.45 bits per heavy atom. The molecule has 0 bridgehead atoms. The van der Waals surface area contributed by atoms with Gasteiger partial charge >= 0.3 is 0 Å². The molecule has 11 heteroatoms. The van der Waals surface area contributed by atoms with Gasteiger partial charge in [0.15, 0.2) is 0 Å². The van der Waals surface area contributed by atoms with E-state index in [0.29, 0.717) is 13.0 Å². The predicted molar refractivity (Wildman–Crippen MR) is 152 cm³/mol. The fraction of sp³-hybridized carbons (Fsp3) is 0.690. The third-order valence-electron chi connectivity index (χ3n) is 9.59. The largest absolute Gasteiger partial charge is 0.349 e. The van der Waals surface area contributed by atoms with E-state index in [0.717, 1.165) is 50.5 Å². The first-order chi connectivity index (χ1) is 19.1. The molecule has 2 aliphatic heterocycles. The molecule has 220 valence electrons. The average molecular weight is 574 g/mol. The third-order valence-corrected chi connectivity index (χ3v) is 10.9. The van der Waals surface area contributed by atoms with Crippen molar-refractivity contribution >= 4 is 27.7 Å². The number of amides is 3. The molecule has 1 aromatic rings. The SMILES string of the molecule is CN[C@H](C)C(=O)N[C@H](C(=O)N1CC[C@@H]2[C@H]1[C@@H](C(=O)N[C@H]1CCc3ccccc31)CN2S(C)(=O)=O)C1CCCCC1. The molecule has 2 heterocycles. The van der Waals surface area contributed by atoms with Crippen LogP contribution in [0.4, 0.5) is 0 Å². The number of likely N-dealkylation sites (N-methyl/N-ethyl adjacent to an activating group) is 1. The lowest BCUT2D eigenvalue weighted by molar-refractivity contribution is -0.141. The van der Waals surface area contributed by atoms with Gasteiger partial charge in [0.2, 0.25) is 27.7 Å². The number of nitrogens with zero attached hydrogens (tertiary/aromatic N) is 2. The van der Waals surface area contributed by atoms with Crippen molar-refractivity contribution in [1.29, 1.82) is 0 Å². The van der Waals surface area contributed by atoms with Gasteiger partial charge in [0, 0.05) is 19.1 Å². The lowest BCUT2D eigenvalue weighted by Crippen LogP contribution is -2.58. The van der Waals surface area contributed by atoms with Gasteiger partial charge in [0.1, 0.15) is 6.04 Å². The van der Waals surface area contributed by atoms with Crippen LogP contribution in [0.25, 0.3) is 0 Å². The molecule has 0 spiro atoms. The van der Waals surface area contributed by atoms with E-state index < -0.39 is 40.1 Å². The second-order valence-electron chi connectivity index (χ2n) is 12.0. The summed E-state index contributed by atoms with van der Waals surface area (Å²) >= 11 is 0. The summed E-state index contributed by atoms with van der Waals surface area (Å²) in [5, 5.41) is 9.16. The highest BCUT2D eigenvalue weighted by Crippen LogP contribution is 2.40. The van der Waals surface area contributed by atoms with Gasteiger partial charge in [-0.05, 0) is 63.1 Å². The zero-order valence-corrected chi connectivity index (χ0v) is 24.6. The number of carbonyl (C=O) groups excluding carboxylic acids is 3. The molecule has 0 aromatic heterocycles. The molecule has 3 amide bonds. The zero-order chi connectivity index (χ0) is 28.6. The Morgan fingerprint density at radius 1 is 1.02 bits per heavy atom. The van der Waals surface area contributed by atoms with Crippen LogP contribution < -0.4 is 16.0 Å². The molecule has 3 fully saturated rings. The number of hydrogen-bond donors (Lipinski definition) is 3. The zero-order valence-electron chi connectivity index (χ0n) is 23.8. The van der Waals surface area contributed by atoms with Crippen molar-refractivity contribution in [2.24, 2.45) is 11.8 Å². The smallest absolute Gasteiger partial charge is 0.245 e. The molecule has 4 aliphatic rings. The number of fused-ring (bicyclic) bond motifs is 2. The Morgan fingerprint density at radius 2 is 1.75 bits per heavy atom. The van der Waals surface area contributed by atoms with Crippen LogP contribution in [0.1, 0.15) is 69.0 Å². The standard InChI is InChI=1S/C29H43N5O5S/c1-18(30-2)27(35)32-25(20-10-5-4-6-11-20)29(37)33-16-15-24-26(33)22(17-34(24)40(3,38)39)28(36)31-23-14-13-19-9-7-8-12-21(19)23/h7-9,12,18,20,22-26,30H,4-6,10-11,13-17H2,1-3H3,(H,31,36)(H,32,35)/t18-,22+,23+,24-,25+,26-/m1/s1. The number of hydrogen-bond acceptors (Lipinski definition) is 6. The van der Waals surface area contributed by atoms with Gasteiger partial charge in [-0.2, -0.15) is 4.31 Å². The fourth-order valence-electron chi connectivity index (χ4n) is 7.33. The maximum atomic E-state index is 14.3. The van der Waals surface area contributed by atoms with Gasteiger partial charge in [0.25, 0.3) is 0 Å². The molecule has 3 N–H and O–H groups in total. The number of likely N-dealkylation sites (tertiary alicyclic amines) is 1. The normalized spacial score (nSPS) is 28.5. The van der Waals surface area contributed by atoms with Gasteiger partial charge in [0.05, 0.1) is 30.3 Å². The van der Waals surface area contributed by atoms with Crippen LogP contribution in [0, 0.1) is 11.8 Å². The Balaban J connectivity index is 1.41. The summed E-state index contributed by atoms with van der Waals surface area (Å²) in [5.41, 5.74) is 2.32. The molecule has 2 aliphatic carbocycles. The highest BCUT2D eigenvalue weighted by molar-refractivity contribution is 7.88. The molecule has 5 rings (SSSR count). The van der Waals surface area contributed by atoms with Crippen LogP contribution in [0.5, 0.6) is 0 Å². The van der Waals surface area contributed by atoms with Crippen molar-refractivity contribution in [3.8, 4) is 0 Å². The number of sulfonamides is 1. The van der Waals surface area contributed by atoms with E-state index >= 15 is 0 Å². The van der Waals surface area contributed by atoms with E-state index in [2.05, 4.69) is 22.0 Å². The Kier molecular flexibility index (Phi) is 8.54. The minimum absolute atomic E-state index is 0.0167. The summed E-state index contributed by atoms with van der Waals surface area (Å²) in [6, 6.07) is 5.77. The van der Waals surface area contributed by atoms with E-state index in [1.54, 1.807) is 18.9 Å². The second kappa shape index (κ2) is 11.8.